The fourth-order valence-electron chi connectivity index (χ4n) is 2.48. The summed E-state index contributed by atoms with van der Waals surface area (Å²) in [7, 11) is 0. The molecule has 0 aliphatic carbocycles. The number of hydrogen-bond donors (Lipinski definition) is 0. The van der Waals surface area contributed by atoms with Crippen molar-refractivity contribution in [3.8, 4) is 16.9 Å². The summed E-state index contributed by atoms with van der Waals surface area (Å²) in [6.07, 6.45) is 2.40. The van der Waals surface area contributed by atoms with Crippen LogP contribution in [0.2, 0.25) is 0 Å². The van der Waals surface area contributed by atoms with Gasteiger partial charge in [0, 0.05) is 12.3 Å². The number of benzene rings is 1. The number of rotatable bonds is 6. The second kappa shape index (κ2) is 7.34. The average Bonchev–Trinajstić information content (AvgIpc) is 2.45. The van der Waals surface area contributed by atoms with Gasteiger partial charge in [-0.1, -0.05) is 26.8 Å². The quantitative estimate of drug-likeness (QED) is 0.694. The van der Waals surface area contributed by atoms with Gasteiger partial charge in [-0.05, 0) is 47.6 Å². The summed E-state index contributed by atoms with van der Waals surface area (Å²) in [5.74, 6) is 0.168. The molecule has 1 atom stereocenters. The Morgan fingerprint density at radius 3 is 2.41 bits per heavy atom. The molecule has 0 saturated heterocycles. The highest BCUT2D eigenvalue weighted by Crippen LogP contribution is 2.26. The Morgan fingerprint density at radius 2 is 1.77 bits per heavy atom. The molecule has 2 aromatic rings. The molecule has 118 valence electrons. The molecule has 0 bridgehead atoms. The molecule has 0 unspecified atom stereocenters. The van der Waals surface area contributed by atoms with Crippen molar-refractivity contribution in [2.45, 2.75) is 27.2 Å². The molecule has 22 heavy (non-hydrogen) atoms. The van der Waals surface area contributed by atoms with Gasteiger partial charge in [-0.2, -0.15) is 4.39 Å². The van der Waals surface area contributed by atoms with Gasteiger partial charge >= 0.3 is 0 Å². The van der Waals surface area contributed by atoms with E-state index in [-0.39, 0.29) is 5.75 Å². The highest BCUT2D eigenvalue weighted by Gasteiger charge is 2.10. The van der Waals surface area contributed by atoms with E-state index in [2.05, 4.69) is 25.8 Å². The lowest BCUT2D eigenvalue weighted by atomic mass is 10.00. The first-order chi connectivity index (χ1) is 10.5. The molecule has 0 aliphatic rings. The van der Waals surface area contributed by atoms with Gasteiger partial charge in [-0.15, -0.1) is 0 Å². The van der Waals surface area contributed by atoms with E-state index in [1.165, 1.54) is 18.3 Å². The Hall–Kier alpha value is -1.97. The van der Waals surface area contributed by atoms with E-state index in [0.717, 1.165) is 6.42 Å². The third-order valence-electron chi connectivity index (χ3n) is 3.39. The van der Waals surface area contributed by atoms with Crippen molar-refractivity contribution >= 4 is 0 Å². The minimum absolute atomic E-state index is 0.230. The van der Waals surface area contributed by atoms with Crippen LogP contribution in [0.25, 0.3) is 11.1 Å². The lowest BCUT2D eigenvalue weighted by Crippen LogP contribution is -2.11. The molecule has 0 aliphatic heterocycles. The van der Waals surface area contributed by atoms with Gasteiger partial charge in [-0.3, -0.25) is 0 Å². The smallest absolute Gasteiger partial charge is 0.213 e. The van der Waals surface area contributed by atoms with Crippen molar-refractivity contribution in [2.24, 2.45) is 11.8 Å². The topological polar surface area (TPSA) is 22.1 Å². The molecule has 4 heteroatoms. The highest BCUT2D eigenvalue weighted by molar-refractivity contribution is 5.63. The molecule has 1 heterocycles. The van der Waals surface area contributed by atoms with Crippen LogP contribution in [0.5, 0.6) is 5.75 Å². The zero-order valence-corrected chi connectivity index (χ0v) is 13.1. The van der Waals surface area contributed by atoms with Gasteiger partial charge < -0.3 is 4.74 Å². The summed E-state index contributed by atoms with van der Waals surface area (Å²) in [5.41, 5.74) is 1.19. The van der Waals surface area contributed by atoms with Gasteiger partial charge in [0.2, 0.25) is 5.95 Å². The third kappa shape index (κ3) is 4.52. The largest absolute Gasteiger partial charge is 0.490 e. The number of halogens is 2. The van der Waals surface area contributed by atoms with Crippen LogP contribution in [0.15, 0.2) is 36.5 Å². The lowest BCUT2D eigenvalue weighted by molar-refractivity contribution is 0.230. The molecule has 2 rings (SSSR count). The van der Waals surface area contributed by atoms with Crippen molar-refractivity contribution in [1.82, 2.24) is 4.98 Å². The van der Waals surface area contributed by atoms with Crippen LogP contribution < -0.4 is 4.74 Å². The zero-order valence-electron chi connectivity index (χ0n) is 13.1. The van der Waals surface area contributed by atoms with Crippen LogP contribution in [-0.4, -0.2) is 11.6 Å². The van der Waals surface area contributed by atoms with Crippen molar-refractivity contribution in [3.63, 3.8) is 0 Å². The maximum absolute atomic E-state index is 14.1. The van der Waals surface area contributed by atoms with Crippen LogP contribution in [0.3, 0.4) is 0 Å². The first-order valence-corrected chi connectivity index (χ1v) is 7.50. The van der Waals surface area contributed by atoms with E-state index in [0.29, 0.717) is 29.6 Å². The van der Waals surface area contributed by atoms with Gasteiger partial charge in [0.1, 0.15) is 0 Å². The normalized spacial score (nSPS) is 12.5. The first kappa shape index (κ1) is 16.4. The van der Waals surface area contributed by atoms with E-state index < -0.39 is 11.8 Å². The van der Waals surface area contributed by atoms with Gasteiger partial charge in [-0.25, -0.2) is 9.37 Å². The van der Waals surface area contributed by atoms with E-state index >= 15 is 0 Å². The molecule has 0 fully saturated rings. The Bertz CT molecular complexity index is 628. The van der Waals surface area contributed by atoms with Crippen molar-refractivity contribution in [1.29, 1.82) is 0 Å². The molecule has 1 aromatic carbocycles. The summed E-state index contributed by atoms with van der Waals surface area (Å²) in [6, 6.07) is 7.59. The third-order valence-corrected chi connectivity index (χ3v) is 3.39. The maximum Gasteiger partial charge on any atom is 0.213 e. The lowest BCUT2D eigenvalue weighted by Gasteiger charge is -2.15. The average molecular weight is 305 g/mol. The Labute approximate surface area is 130 Å². The molecular formula is C18H21F2NO. The van der Waals surface area contributed by atoms with E-state index in [1.54, 1.807) is 18.2 Å². The van der Waals surface area contributed by atoms with Gasteiger partial charge in [0.05, 0.1) is 6.61 Å². The molecule has 1 aromatic heterocycles. The predicted molar refractivity (Wildman–Crippen MR) is 83.7 cm³/mol. The van der Waals surface area contributed by atoms with Gasteiger partial charge in [0.15, 0.2) is 11.6 Å². The second-order valence-corrected chi connectivity index (χ2v) is 6.06. The molecule has 0 radical (unpaired) electrons. The number of nitrogens with zero attached hydrogens (tertiary/aromatic N) is 1. The second-order valence-electron chi connectivity index (χ2n) is 6.06. The Balaban J connectivity index is 2.07. The predicted octanol–water partition coefficient (Wildman–Crippen LogP) is 5.09. The van der Waals surface area contributed by atoms with Crippen molar-refractivity contribution in [3.05, 3.63) is 48.3 Å². The summed E-state index contributed by atoms with van der Waals surface area (Å²) < 4.78 is 32.8. The minimum Gasteiger partial charge on any atom is -0.490 e. The first-order valence-electron chi connectivity index (χ1n) is 7.50. The van der Waals surface area contributed by atoms with Crippen molar-refractivity contribution < 1.29 is 13.5 Å². The van der Waals surface area contributed by atoms with E-state index in [9.17, 15) is 8.78 Å². The summed E-state index contributed by atoms with van der Waals surface area (Å²) in [6.45, 7) is 6.88. The molecule has 0 amide bonds. The van der Waals surface area contributed by atoms with E-state index in [4.69, 9.17) is 4.74 Å². The fourth-order valence-corrected chi connectivity index (χ4v) is 2.48. The molecule has 0 spiro atoms. The monoisotopic (exact) mass is 305 g/mol. The van der Waals surface area contributed by atoms with Crippen LogP contribution in [0, 0.1) is 23.6 Å². The van der Waals surface area contributed by atoms with Crippen molar-refractivity contribution in [2.75, 3.05) is 6.61 Å². The minimum atomic E-state index is -0.583. The van der Waals surface area contributed by atoms with Crippen LogP contribution in [-0.2, 0) is 0 Å². The molecular weight excluding hydrogens is 284 g/mol. The van der Waals surface area contributed by atoms with Gasteiger partial charge in [0.25, 0.3) is 0 Å². The van der Waals surface area contributed by atoms with Crippen LogP contribution in [0.1, 0.15) is 27.2 Å². The summed E-state index contributed by atoms with van der Waals surface area (Å²) >= 11 is 0. The number of hydrogen-bond acceptors (Lipinski definition) is 2. The molecule has 0 saturated carbocycles. The summed E-state index contributed by atoms with van der Waals surface area (Å²) in [4.78, 5) is 3.49. The number of ether oxygens (including phenoxy) is 1. The fraction of sp³-hybridized carbons (Fsp3) is 0.389. The standard InChI is InChI=1S/C18H21F2NO/c1-12(2)8-13(3)11-22-17-5-4-14(9-16(17)19)15-6-7-21-18(20)10-15/h4-7,9-10,12-13H,8,11H2,1-3H3/t13-/m0/s1. The molecule has 2 nitrogen and oxygen atoms in total. The Morgan fingerprint density at radius 1 is 1.05 bits per heavy atom. The maximum atomic E-state index is 14.1. The van der Waals surface area contributed by atoms with E-state index in [1.807, 2.05) is 0 Å². The van der Waals surface area contributed by atoms with Crippen LogP contribution in [0.4, 0.5) is 8.78 Å². The molecule has 0 N–H and O–H groups in total. The zero-order chi connectivity index (χ0) is 16.1. The number of pyridine rings is 1. The SMILES string of the molecule is CC(C)C[C@H](C)COc1ccc(-c2ccnc(F)c2)cc1F. The highest BCUT2D eigenvalue weighted by atomic mass is 19.1. The van der Waals surface area contributed by atoms with Crippen LogP contribution >= 0.6 is 0 Å². The summed E-state index contributed by atoms with van der Waals surface area (Å²) in [5, 5.41) is 0. The number of aromatic nitrogens is 1. The Kier molecular flexibility index (Phi) is 5.47.